The molecule has 0 bridgehead atoms. The number of fused-ring (bicyclic) bond motifs is 1. The number of nitrogen functional groups attached to an aromatic ring is 1. The van der Waals surface area contributed by atoms with Crippen LogP contribution >= 0.6 is 7.52 Å². The van der Waals surface area contributed by atoms with E-state index in [1.165, 1.54) is 56.0 Å². The number of nitrogens with one attached hydrogen (secondary N) is 1. The average Bonchev–Trinajstić information content (AvgIpc) is 3.35. The van der Waals surface area contributed by atoms with Gasteiger partial charge in [0.2, 0.25) is 0 Å². The number of benzene rings is 1. The molecule has 3 heterocycles. The number of carbonyl (C=O) groups excluding carboxylic acids is 1. The Hall–Kier alpha value is -4.07. The zero-order valence-electron chi connectivity index (χ0n) is 23.8. The second-order valence-electron chi connectivity index (χ2n) is 9.97. The van der Waals surface area contributed by atoms with Crippen molar-refractivity contribution in [2.75, 3.05) is 12.1 Å². The zero-order valence-corrected chi connectivity index (χ0v) is 24.7. The summed E-state index contributed by atoms with van der Waals surface area (Å²) in [5, 5.41) is 2.71. The molecule has 0 saturated carbocycles. The molecule has 1 unspecified atom stereocenters. The summed E-state index contributed by atoms with van der Waals surface area (Å²) in [6.45, 7) is 6.87. The minimum absolute atomic E-state index is 0.101. The number of nitrogens with zero attached hydrogens (tertiary/aromatic N) is 5. The van der Waals surface area contributed by atoms with Gasteiger partial charge in [-0.05, 0) is 64.1 Å². The van der Waals surface area contributed by atoms with Crippen molar-refractivity contribution in [3.63, 3.8) is 0 Å². The summed E-state index contributed by atoms with van der Waals surface area (Å²) in [5.41, 5.74) is 6.25. The normalized spacial score (nSPS) is 14.8. The maximum absolute atomic E-state index is 14.0. The standard InChI is InChI=1S/C27H31F3N7O5P/c1-16(2)41-26(38)18(4)36-43(39,15-40-17(3)12-37-14-34-23-24(31)32-13-33-25(23)37)42-20-10-8-19(9-11-20)21-6-5-7-22(35-21)27(28,29)30/h5-11,13-14,16-18H,12,15H2,1-4H3,(H,36,39)(H2,31,32,33)/t17-,18+,43?/m1/s1. The lowest BCUT2D eigenvalue weighted by molar-refractivity contribution is -0.149. The van der Waals surface area contributed by atoms with E-state index in [1.54, 1.807) is 25.3 Å². The fourth-order valence-electron chi connectivity index (χ4n) is 3.97. The van der Waals surface area contributed by atoms with Crippen molar-refractivity contribution >= 4 is 30.5 Å². The number of nitrogens with two attached hydrogens (primary N) is 1. The maximum Gasteiger partial charge on any atom is 0.433 e. The molecule has 1 aromatic carbocycles. The Morgan fingerprint density at radius 1 is 1.07 bits per heavy atom. The highest BCUT2D eigenvalue weighted by atomic mass is 31.2. The first-order chi connectivity index (χ1) is 20.2. The number of esters is 1. The largest absolute Gasteiger partial charge is 0.462 e. The number of imidazole rings is 1. The number of ether oxygens (including phenoxy) is 2. The SMILES string of the molecule is CC(C)OC(=O)[C@H](C)NP(=O)(CO[C@H](C)Cn1cnc2c(N)ncnc21)Oc1ccc(-c2cccc(C(F)(F)F)n2)cc1. The van der Waals surface area contributed by atoms with Crippen molar-refractivity contribution in [3.05, 3.63) is 60.8 Å². The summed E-state index contributed by atoms with van der Waals surface area (Å²) in [6.07, 6.45) is -3.08. The van der Waals surface area contributed by atoms with Crippen molar-refractivity contribution < 1.29 is 36.5 Å². The molecule has 0 aliphatic carbocycles. The van der Waals surface area contributed by atoms with Gasteiger partial charge >= 0.3 is 19.7 Å². The number of carbonyl (C=O) groups is 1. The van der Waals surface area contributed by atoms with Crippen LogP contribution in [0.3, 0.4) is 0 Å². The van der Waals surface area contributed by atoms with E-state index >= 15 is 0 Å². The predicted octanol–water partition coefficient (Wildman–Crippen LogP) is 5.05. The number of pyridine rings is 1. The van der Waals surface area contributed by atoms with Gasteiger partial charge in [0.05, 0.1) is 30.8 Å². The van der Waals surface area contributed by atoms with E-state index < -0.39 is 50.0 Å². The molecule has 0 radical (unpaired) electrons. The molecule has 0 fully saturated rings. The van der Waals surface area contributed by atoms with Crippen LogP contribution in [0.4, 0.5) is 19.0 Å². The van der Waals surface area contributed by atoms with Gasteiger partial charge in [0.25, 0.3) is 0 Å². The maximum atomic E-state index is 14.0. The summed E-state index contributed by atoms with van der Waals surface area (Å²) in [6, 6.07) is 8.42. The number of hydrogen-bond acceptors (Lipinski definition) is 10. The van der Waals surface area contributed by atoms with Crippen LogP contribution in [-0.4, -0.2) is 55.1 Å². The van der Waals surface area contributed by atoms with Gasteiger partial charge in [-0.1, -0.05) is 6.07 Å². The molecule has 0 aliphatic rings. The van der Waals surface area contributed by atoms with Gasteiger partial charge < -0.3 is 24.3 Å². The van der Waals surface area contributed by atoms with Gasteiger partial charge in [-0.2, -0.15) is 13.2 Å². The monoisotopic (exact) mass is 621 g/mol. The Kier molecular flexibility index (Phi) is 9.68. The number of halogens is 3. The fraction of sp³-hybridized carbons (Fsp3) is 0.370. The van der Waals surface area contributed by atoms with Crippen molar-refractivity contribution in [2.45, 2.75) is 58.7 Å². The molecule has 3 aromatic heterocycles. The van der Waals surface area contributed by atoms with Crippen molar-refractivity contribution in [1.82, 2.24) is 29.6 Å². The molecule has 43 heavy (non-hydrogen) atoms. The van der Waals surface area contributed by atoms with E-state index in [4.69, 9.17) is 19.7 Å². The number of aromatic nitrogens is 5. The van der Waals surface area contributed by atoms with Gasteiger partial charge in [0, 0.05) is 5.56 Å². The molecule has 16 heteroatoms. The van der Waals surface area contributed by atoms with Gasteiger partial charge in [0.15, 0.2) is 11.5 Å². The van der Waals surface area contributed by atoms with Crippen LogP contribution in [0.5, 0.6) is 5.75 Å². The number of alkyl halides is 3. The molecule has 4 aromatic rings. The summed E-state index contributed by atoms with van der Waals surface area (Å²) in [7, 11) is -3.92. The minimum atomic E-state index is -4.59. The molecule has 4 rings (SSSR count). The highest BCUT2D eigenvalue weighted by Crippen LogP contribution is 2.44. The van der Waals surface area contributed by atoms with E-state index in [2.05, 4.69) is 25.0 Å². The third-order valence-electron chi connectivity index (χ3n) is 5.95. The second-order valence-corrected chi connectivity index (χ2v) is 12.0. The first-order valence-electron chi connectivity index (χ1n) is 13.2. The molecular formula is C27H31F3N7O5P. The average molecular weight is 622 g/mol. The Labute approximate surface area is 245 Å². The lowest BCUT2D eigenvalue weighted by Crippen LogP contribution is -2.37. The van der Waals surface area contributed by atoms with Gasteiger partial charge in [0.1, 0.15) is 35.7 Å². The quantitative estimate of drug-likeness (QED) is 0.161. The number of anilines is 1. The lowest BCUT2D eigenvalue weighted by Gasteiger charge is -2.25. The Morgan fingerprint density at radius 3 is 2.47 bits per heavy atom. The van der Waals surface area contributed by atoms with Crippen LogP contribution in [0.15, 0.2) is 55.1 Å². The highest BCUT2D eigenvalue weighted by Gasteiger charge is 2.33. The van der Waals surface area contributed by atoms with Crippen LogP contribution in [0.2, 0.25) is 0 Å². The Bertz CT molecular complexity index is 1610. The third kappa shape index (κ3) is 8.27. The van der Waals surface area contributed by atoms with Crippen LogP contribution in [-0.2, 0) is 31.6 Å². The van der Waals surface area contributed by atoms with E-state index in [9.17, 15) is 22.5 Å². The highest BCUT2D eigenvalue weighted by molar-refractivity contribution is 7.57. The first kappa shape index (κ1) is 31.9. The lowest BCUT2D eigenvalue weighted by atomic mass is 10.1. The summed E-state index contributed by atoms with van der Waals surface area (Å²) < 4.78 is 71.9. The topological polar surface area (TPSA) is 156 Å². The van der Waals surface area contributed by atoms with E-state index in [0.717, 1.165) is 6.07 Å². The molecule has 12 nitrogen and oxygen atoms in total. The van der Waals surface area contributed by atoms with E-state index in [1.807, 2.05) is 0 Å². The Balaban J connectivity index is 1.50. The predicted molar refractivity (Wildman–Crippen MR) is 152 cm³/mol. The molecule has 3 atom stereocenters. The van der Waals surface area contributed by atoms with E-state index in [-0.39, 0.29) is 23.8 Å². The number of rotatable bonds is 12. The second kappa shape index (κ2) is 13.1. The van der Waals surface area contributed by atoms with Crippen LogP contribution in [0.25, 0.3) is 22.4 Å². The van der Waals surface area contributed by atoms with Gasteiger partial charge in [-0.15, -0.1) is 0 Å². The van der Waals surface area contributed by atoms with Gasteiger partial charge in [-0.3, -0.25) is 9.36 Å². The van der Waals surface area contributed by atoms with Crippen molar-refractivity contribution in [3.8, 4) is 17.0 Å². The van der Waals surface area contributed by atoms with Crippen LogP contribution in [0.1, 0.15) is 33.4 Å². The summed E-state index contributed by atoms with van der Waals surface area (Å²) in [4.78, 5) is 28.5. The molecule has 3 N–H and O–H groups in total. The smallest absolute Gasteiger partial charge is 0.433 e. The van der Waals surface area contributed by atoms with Crippen LogP contribution in [0, 0.1) is 0 Å². The molecule has 0 saturated heterocycles. The number of hydrogen-bond donors (Lipinski definition) is 2. The molecule has 230 valence electrons. The summed E-state index contributed by atoms with van der Waals surface area (Å²) in [5.74, 6) is -0.281. The minimum Gasteiger partial charge on any atom is -0.462 e. The molecular weight excluding hydrogens is 590 g/mol. The third-order valence-corrected chi connectivity index (χ3v) is 7.73. The molecule has 0 amide bonds. The molecule has 0 spiro atoms. The van der Waals surface area contributed by atoms with E-state index in [0.29, 0.717) is 16.7 Å². The molecule has 0 aliphatic heterocycles. The first-order valence-corrected chi connectivity index (χ1v) is 15.0. The Morgan fingerprint density at radius 2 is 1.79 bits per heavy atom. The summed E-state index contributed by atoms with van der Waals surface area (Å²) >= 11 is 0. The van der Waals surface area contributed by atoms with Gasteiger partial charge in [-0.25, -0.2) is 25.0 Å². The fourth-order valence-corrected chi connectivity index (χ4v) is 5.76. The van der Waals surface area contributed by atoms with Crippen LogP contribution < -0.4 is 15.3 Å². The van der Waals surface area contributed by atoms with Crippen molar-refractivity contribution in [2.24, 2.45) is 0 Å². The zero-order chi connectivity index (χ0) is 31.4. The van der Waals surface area contributed by atoms with Crippen molar-refractivity contribution in [1.29, 1.82) is 0 Å².